The van der Waals surface area contributed by atoms with Gasteiger partial charge < -0.3 is 20.2 Å². The molecule has 2 rings (SSSR count). The SMILES string of the molecule is CC1CCC(=O)N1OC(=O)CN1CCN(CC(=O)O)CCN(CC(=O)O)CCN(CC(=O)O)C1. The first kappa shape index (κ1) is 27.4. The van der Waals surface area contributed by atoms with Crippen LogP contribution in [0.4, 0.5) is 0 Å². The van der Waals surface area contributed by atoms with Gasteiger partial charge in [-0.3, -0.25) is 38.8 Å². The summed E-state index contributed by atoms with van der Waals surface area (Å²) in [6.45, 7) is 2.29. The van der Waals surface area contributed by atoms with Crippen molar-refractivity contribution in [2.24, 2.45) is 0 Å². The number of carbonyl (C=O) groups is 5. The van der Waals surface area contributed by atoms with Crippen LogP contribution >= 0.6 is 0 Å². The van der Waals surface area contributed by atoms with E-state index in [1.807, 2.05) is 0 Å². The Bertz CT molecular complexity index is 765. The van der Waals surface area contributed by atoms with E-state index < -0.39 is 23.9 Å². The average Bonchev–Trinajstić information content (AvgIpc) is 3.02. The van der Waals surface area contributed by atoms with Crippen LogP contribution in [0, 0.1) is 0 Å². The molecule has 0 aromatic rings. The maximum Gasteiger partial charge on any atom is 0.346 e. The minimum Gasteiger partial charge on any atom is -0.480 e. The van der Waals surface area contributed by atoms with Gasteiger partial charge in [0.2, 0.25) is 0 Å². The van der Waals surface area contributed by atoms with Crippen LogP contribution in [0.25, 0.3) is 0 Å². The molecule has 0 saturated carbocycles. The highest BCUT2D eigenvalue weighted by molar-refractivity contribution is 5.80. The van der Waals surface area contributed by atoms with Gasteiger partial charge in [0, 0.05) is 45.7 Å². The molecule has 2 saturated heterocycles. The molecule has 2 aliphatic heterocycles. The molecule has 0 aliphatic carbocycles. The summed E-state index contributed by atoms with van der Waals surface area (Å²) in [5, 5.41) is 28.8. The van der Waals surface area contributed by atoms with Crippen molar-refractivity contribution in [3.8, 4) is 0 Å². The number of carboxylic acid groups (broad SMARTS) is 3. The summed E-state index contributed by atoms with van der Waals surface area (Å²) < 4.78 is 0. The Hall–Kier alpha value is -2.81. The Morgan fingerprint density at radius 2 is 1.18 bits per heavy atom. The lowest BCUT2D eigenvalue weighted by atomic mass is 10.3. The second kappa shape index (κ2) is 13.2. The van der Waals surface area contributed by atoms with E-state index in [2.05, 4.69) is 0 Å². The molecule has 14 nitrogen and oxygen atoms in total. The predicted molar refractivity (Wildman–Crippen MR) is 115 cm³/mol. The number of hydrogen-bond donors (Lipinski definition) is 3. The molecule has 0 spiro atoms. The van der Waals surface area contributed by atoms with Gasteiger partial charge in [0.25, 0.3) is 5.91 Å². The Morgan fingerprint density at radius 3 is 1.59 bits per heavy atom. The summed E-state index contributed by atoms with van der Waals surface area (Å²) in [4.78, 5) is 70.1. The lowest BCUT2D eigenvalue weighted by molar-refractivity contribution is -0.200. The molecule has 34 heavy (non-hydrogen) atoms. The fraction of sp³-hybridized carbons (Fsp3) is 0.750. The summed E-state index contributed by atoms with van der Waals surface area (Å²) in [6, 6.07) is -0.228. The van der Waals surface area contributed by atoms with E-state index in [9.17, 15) is 39.3 Å². The number of hydroxylamine groups is 2. The molecule has 1 amide bonds. The molecule has 2 aliphatic rings. The third-order valence-electron chi connectivity index (χ3n) is 5.65. The van der Waals surface area contributed by atoms with Gasteiger partial charge in [-0.2, -0.15) is 5.06 Å². The Balaban J connectivity index is 2.14. The van der Waals surface area contributed by atoms with E-state index in [-0.39, 0.29) is 84.1 Å². The summed E-state index contributed by atoms with van der Waals surface area (Å²) in [5.41, 5.74) is 0. The molecular formula is C20H33N5O9. The van der Waals surface area contributed by atoms with Crippen LogP contribution in [0.5, 0.6) is 0 Å². The maximum atomic E-state index is 12.6. The van der Waals surface area contributed by atoms with Crippen molar-refractivity contribution in [1.29, 1.82) is 0 Å². The largest absolute Gasteiger partial charge is 0.480 e. The highest BCUT2D eigenvalue weighted by Gasteiger charge is 2.32. The van der Waals surface area contributed by atoms with Crippen LogP contribution < -0.4 is 0 Å². The van der Waals surface area contributed by atoms with Gasteiger partial charge in [-0.05, 0) is 13.3 Å². The molecule has 0 aromatic carbocycles. The molecule has 0 radical (unpaired) electrons. The number of carboxylic acids is 3. The van der Waals surface area contributed by atoms with Crippen molar-refractivity contribution in [3.63, 3.8) is 0 Å². The number of nitrogens with zero attached hydrogens (tertiary/aromatic N) is 5. The topological polar surface area (TPSA) is 171 Å². The Kier molecular flexibility index (Phi) is 10.6. The van der Waals surface area contributed by atoms with E-state index in [1.165, 1.54) is 0 Å². The number of aliphatic carboxylic acids is 3. The van der Waals surface area contributed by atoms with Crippen LogP contribution in [-0.2, 0) is 28.8 Å². The van der Waals surface area contributed by atoms with Gasteiger partial charge in [-0.15, -0.1) is 0 Å². The summed E-state index contributed by atoms with van der Waals surface area (Å²) >= 11 is 0. The lowest BCUT2D eigenvalue weighted by Crippen LogP contribution is -2.48. The second-order valence-electron chi connectivity index (χ2n) is 8.55. The van der Waals surface area contributed by atoms with Crippen LogP contribution in [-0.4, -0.2) is 148 Å². The maximum absolute atomic E-state index is 12.6. The zero-order chi connectivity index (χ0) is 25.3. The number of rotatable bonds is 9. The Labute approximate surface area is 197 Å². The van der Waals surface area contributed by atoms with E-state index in [4.69, 9.17) is 4.84 Å². The monoisotopic (exact) mass is 487 g/mol. The van der Waals surface area contributed by atoms with E-state index in [0.717, 1.165) is 5.06 Å². The molecular weight excluding hydrogens is 454 g/mol. The first-order chi connectivity index (χ1) is 16.0. The summed E-state index contributed by atoms with van der Waals surface area (Å²) in [7, 11) is 0. The minimum atomic E-state index is -1.08. The van der Waals surface area contributed by atoms with Crippen LogP contribution in [0.1, 0.15) is 19.8 Å². The van der Waals surface area contributed by atoms with Gasteiger partial charge in [0.15, 0.2) is 0 Å². The van der Waals surface area contributed by atoms with Crippen molar-refractivity contribution < 1.29 is 44.1 Å². The molecule has 1 atom stereocenters. The third-order valence-corrected chi connectivity index (χ3v) is 5.65. The highest BCUT2D eigenvalue weighted by Crippen LogP contribution is 2.18. The quantitative estimate of drug-likeness (QED) is 0.323. The van der Waals surface area contributed by atoms with Gasteiger partial charge in [0.05, 0.1) is 32.3 Å². The zero-order valence-corrected chi connectivity index (χ0v) is 19.3. The molecule has 192 valence electrons. The number of carbonyl (C=O) groups excluding carboxylic acids is 2. The first-order valence-corrected chi connectivity index (χ1v) is 11.1. The van der Waals surface area contributed by atoms with Gasteiger partial charge in [0.1, 0.15) is 6.54 Å². The number of hydrogen-bond acceptors (Lipinski definition) is 10. The van der Waals surface area contributed by atoms with Crippen molar-refractivity contribution in [2.75, 3.05) is 72.1 Å². The van der Waals surface area contributed by atoms with Crippen molar-refractivity contribution >= 4 is 29.8 Å². The minimum absolute atomic E-state index is 0.0622. The lowest BCUT2D eigenvalue weighted by Gasteiger charge is -2.30. The molecule has 1 unspecified atom stereocenters. The van der Waals surface area contributed by atoms with Gasteiger partial charge in [-0.1, -0.05) is 0 Å². The highest BCUT2D eigenvalue weighted by atomic mass is 16.7. The standard InChI is InChI=1S/C20H33N5O9/c1-15-2-3-16(26)25(15)34-20(33)13-24-9-7-22(11-18(29)30)5-4-21(10-17(27)28)6-8-23(14-24)12-19(31)32/h15H,2-14H2,1H3,(H,27,28)(H,29,30)(H,31,32). The zero-order valence-electron chi connectivity index (χ0n) is 19.3. The third kappa shape index (κ3) is 9.59. The van der Waals surface area contributed by atoms with Gasteiger partial charge in [-0.25, -0.2) is 4.79 Å². The summed E-state index contributed by atoms with van der Waals surface area (Å²) in [6.07, 6.45) is 0.876. The average molecular weight is 488 g/mol. The van der Waals surface area contributed by atoms with E-state index in [1.54, 1.807) is 26.5 Å². The normalized spacial score (nSPS) is 22.3. The van der Waals surface area contributed by atoms with Crippen molar-refractivity contribution in [3.05, 3.63) is 0 Å². The molecule has 2 fully saturated rings. The fourth-order valence-electron chi connectivity index (χ4n) is 3.91. The first-order valence-electron chi connectivity index (χ1n) is 11.1. The smallest absolute Gasteiger partial charge is 0.346 e. The van der Waals surface area contributed by atoms with Crippen LogP contribution in [0.15, 0.2) is 0 Å². The molecule has 3 N–H and O–H groups in total. The van der Waals surface area contributed by atoms with E-state index >= 15 is 0 Å². The molecule has 0 bridgehead atoms. The molecule has 2 heterocycles. The number of amides is 1. The van der Waals surface area contributed by atoms with E-state index in [0.29, 0.717) is 12.8 Å². The van der Waals surface area contributed by atoms with Crippen molar-refractivity contribution in [1.82, 2.24) is 24.7 Å². The second-order valence-corrected chi connectivity index (χ2v) is 8.55. The predicted octanol–water partition coefficient (Wildman–Crippen LogP) is -2.11. The van der Waals surface area contributed by atoms with Gasteiger partial charge >= 0.3 is 23.9 Å². The Morgan fingerprint density at radius 1 is 0.765 bits per heavy atom. The molecule has 14 heteroatoms. The molecule has 0 aromatic heterocycles. The fourth-order valence-corrected chi connectivity index (χ4v) is 3.91. The van der Waals surface area contributed by atoms with Crippen LogP contribution in [0.3, 0.4) is 0 Å². The summed E-state index contributed by atoms with van der Waals surface area (Å²) in [5.74, 6) is -4.12. The van der Waals surface area contributed by atoms with Crippen LogP contribution in [0.2, 0.25) is 0 Å². The van der Waals surface area contributed by atoms with Crippen molar-refractivity contribution in [2.45, 2.75) is 25.8 Å².